The predicted molar refractivity (Wildman–Crippen MR) is 139 cm³/mol. The van der Waals surface area contributed by atoms with Crippen molar-refractivity contribution in [2.75, 3.05) is 39.8 Å². The monoisotopic (exact) mass is 541 g/mol. The Morgan fingerprint density at radius 2 is 1.87 bits per heavy atom. The van der Waals surface area contributed by atoms with Crippen molar-refractivity contribution < 1.29 is 4.79 Å². The summed E-state index contributed by atoms with van der Waals surface area (Å²) in [6, 6.07) is 8.71. The Balaban J connectivity index is 0.00000341. The molecule has 1 aromatic carbocycles. The van der Waals surface area contributed by atoms with Crippen molar-refractivity contribution in [2.45, 2.75) is 64.5 Å². The molecule has 2 N–H and O–H groups in total. The summed E-state index contributed by atoms with van der Waals surface area (Å²) < 4.78 is 0. The van der Waals surface area contributed by atoms with E-state index in [1.807, 2.05) is 23.1 Å². The molecule has 31 heavy (non-hydrogen) atoms. The molecule has 1 unspecified atom stereocenters. The van der Waals surface area contributed by atoms with E-state index in [0.717, 1.165) is 62.1 Å². The second-order valence-electron chi connectivity index (χ2n) is 8.50. The number of carbonyl (C=O) groups is 1. The summed E-state index contributed by atoms with van der Waals surface area (Å²) in [5.41, 5.74) is 1.89. The summed E-state index contributed by atoms with van der Waals surface area (Å²) in [5, 5.41) is 6.83. The van der Waals surface area contributed by atoms with Crippen LogP contribution in [0.15, 0.2) is 29.3 Å². The lowest BCUT2D eigenvalue weighted by atomic mass is 10.0. The number of carbonyl (C=O) groups excluding carboxylic acids is 1. The minimum atomic E-state index is 0. The maximum Gasteiger partial charge on any atom is 0.253 e. The fourth-order valence-electron chi connectivity index (χ4n) is 4.63. The van der Waals surface area contributed by atoms with E-state index in [1.165, 1.54) is 38.6 Å². The molecule has 0 radical (unpaired) electrons. The predicted octanol–water partition coefficient (Wildman–Crippen LogP) is 3.86. The molecule has 0 aliphatic carbocycles. The van der Waals surface area contributed by atoms with Gasteiger partial charge in [-0.3, -0.25) is 14.7 Å². The van der Waals surface area contributed by atoms with Crippen molar-refractivity contribution in [2.24, 2.45) is 4.99 Å². The van der Waals surface area contributed by atoms with Crippen LogP contribution in [-0.2, 0) is 6.54 Å². The molecule has 2 aliphatic rings. The third-order valence-electron chi connectivity index (χ3n) is 6.41. The first-order valence-corrected chi connectivity index (χ1v) is 11.8. The Hall–Kier alpha value is -1.35. The molecule has 6 nitrogen and oxygen atoms in total. The smallest absolute Gasteiger partial charge is 0.253 e. The van der Waals surface area contributed by atoms with Gasteiger partial charge < -0.3 is 15.5 Å². The second-order valence-corrected chi connectivity index (χ2v) is 8.50. The van der Waals surface area contributed by atoms with Gasteiger partial charge in [0, 0.05) is 51.4 Å². The van der Waals surface area contributed by atoms with Crippen molar-refractivity contribution in [3.63, 3.8) is 0 Å². The molecule has 174 valence electrons. The molecule has 0 aromatic heterocycles. The molecule has 1 atom stereocenters. The zero-order valence-corrected chi connectivity index (χ0v) is 21.6. The number of benzene rings is 1. The molecule has 3 rings (SSSR count). The third kappa shape index (κ3) is 7.93. The fraction of sp³-hybridized carbons (Fsp3) is 0.667. The number of guanidine groups is 1. The summed E-state index contributed by atoms with van der Waals surface area (Å²) in [5.74, 6) is 0.971. The average Bonchev–Trinajstić information content (AvgIpc) is 2.81. The van der Waals surface area contributed by atoms with Gasteiger partial charge in [-0.2, -0.15) is 0 Å². The number of amides is 1. The maximum absolute atomic E-state index is 12.8. The Labute approximate surface area is 205 Å². The van der Waals surface area contributed by atoms with Gasteiger partial charge in [-0.15, -0.1) is 24.0 Å². The minimum Gasteiger partial charge on any atom is -0.355 e. The van der Waals surface area contributed by atoms with Gasteiger partial charge in [-0.1, -0.05) is 25.5 Å². The Kier molecular flexibility index (Phi) is 11.6. The Morgan fingerprint density at radius 3 is 2.61 bits per heavy atom. The number of rotatable bonds is 7. The molecule has 2 aliphatic heterocycles. The normalized spacial score (nSPS) is 20.1. The van der Waals surface area contributed by atoms with Gasteiger partial charge in [0.1, 0.15) is 0 Å². The highest BCUT2D eigenvalue weighted by Crippen LogP contribution is 2.18. The lowest BCUT2D eigenvalue weighted by Gasteiger charge is -2.35. The van der Waals surface area contributed by atoms with Gasteiger partial charge in [-0.05, 0) is 62.8 Å². The van der Waals surface area contributed by atoms with Gasteiger partial charge in [0.25, 0.3) is 5.91 Å². The van der Waals surface area contributed by atoms with Crippen LogP contribution in [-0.4, -0.2) is 67.5 Å². The molecule has 2 heterocycles. The average molecular weight is 542 g/mol. The lowest BCUT2D eigenvalue weighted by molar-refractivity contribution is 0.0724. The number of halogens is 1. The first-order chi connectivity index (χ1) is 14.7. The first kappa shape index (κ1) is 25.9. The van der Waals surface area contributed by atoms with Crippen LogP contribution in [0.4, 0.5) is 0 Å². The van der Waals surface area contributed by atoms with Crippen LogP contribution in [0.2, 0.25) is 0 Å². The number of likely N-dealkylation sites (tertiary alicyclic amines) is 2. The first-order valence-electron chi connectivity index (χ1n) is 11.8. The third-order valence-corrected chi connectivity index (χ3v) is 6.41. The molecular weight excluding hydrogens is 501 g/mol. The molecular formula is C24H40IN5O. The number of hydrogen-bond acceptors (Lipinski definition) is 3. The van der Waals surface area contributed by atoms with E-state index < -0.39 is 0 Å². The minimum absolute atomic E-state index is 0. The van der Waals surface area contributed by atoms with Crippen LogP contribution < -0.4 is 10.6 Å². The van der Waals surface area contributed by atoms with Crippen LogP contribution in [0.5, 0.6) is 0 Å². The van der Waals surface area contributed by atoms with Crippen molar-refractivity contribution in [3.05, 3.63) is 35.4 Å². The highest BCUT2D eigenvalue weighted by molar-refractivity contribution is 14.0. The van der Waals surface area contributed by atoms with Crippen molar-refractivity contribution in [1.29, 1.82) is 0 Å². The van der Waals surface area contributed by atoms with E-state index in [4.69, 9.17) is 0 Å². The number of piperidine rings is 2. The fourth-order valence-corrected chi connectivity index (χ4v) is 4.63. The van der Waals surface area contributed by atoms with Crippen molar-refractivity contribution >= 4 is 35.8 Å². The van der Waals surface area contributed by atoms with Crippen LogP contribution >= 0.6 is 24.0 Å². The summed E-state index contributed by atoms with van der Waals surface area (Å²) >= 11 is 0. The van der Waals surface area contributed by atoms with E-state index in [9.17, 15) is 4.79 Å². The van der Waals surface area contributed by atoms with E-state index in [2.05, 4.69) is 33.5 Å². The van der Waals surface area contributed by atoms with Crippen LogP contribution in [0.3, 0.4) is 0 Å². The standard InChI is InChI=1S/C24H39N5O.HI/c1-3-22-12-5-8-14-28(22)17-13-26-24(25-2)27-19-20-10-9-11-21(18-20)23(30)29-15-6-4-7-16-29;/h9-11,18,22H,3-8,12-17,19H2,1-2H3,(H2,25,26,27);1H. The molecule has 1 aromatic rings. The van der Waals surface area contributed by atoms with E-state index >= 15 is 0 Å². The zero-order valence-electron chi connectivity index (χ0n) is 19.2. The highest BCUT2D eigenvalue weighted by atomic mass is 127. The van der Waals surface area contributed by atoms with Gasteiger partial charge >= 0.3 is 0 Å². The molecule has 0 spiro atoms. The molecule has 7 heteroatoms. The maximum atomic E-state index is 12.8. The van der Waals surface area contributed by atoms with Gasteiger partial charge in [-0.25, -0.2) is 0 Å². The second kappa shape index (κ2) is 13.9. The molecule has 2 saturated heterocycles. The largest absolute Gasteiger partial charge is 0.355 e. The quantitative estimate of drug-likeness (QED) is 0.313. The van der Waals surface area contributed by atoms with Gasteiger partial charge in [0.05, 0.1) is 0 Å². The Morgan fingerprint density at radius 1 is 1.10 bits per heavy atom. The summed E-state index contributed by atoms with van der Waals surface area (Å²) in [6.07, 6.45) is 8.71. The highest BCUT2D eigenvalue weighted by Gasteiger charge is 2.20. The van der Waals surface area contributed by atoms with E-state index in [0.29, 0.717) is 6.54 Å². The number of nitrogens with one attached hydrogen (secondary N) is 2. The topological polar surface area (TPSA) is 60.0 Å². The van der Waals surface area contributed by atoms with Crippen LogP contribution in [0.25, 0.3) is 0 Å². The number of aliphatic imine (C=N–C) groups is 1. The van der Waals surface area contributed by atoms with Crippen molar-refractivity contribution in [3.8, 4) is 0 Å². The molecule has 2 fully saturated rings. The van der Waals surface area contributed by atoms with Crippen LogP contribution in [0, 0.1) is 0 Å². The van der Waals surface area contributed by atoms with Crippen molar-refractivity contribution in [1.82, 2.24) is 20.4 Å². The summed E-state index contributed by atoms with van der Waals surface area (Å²) in [4.78, 5) is 21.7. The number of hydrogen-bond donors (Lipinski definition) is 2. The summed E-state index contributed by atoms with van der Waals surface area (Å²) in [7, 11) is 1.81. The molecule has 0 bridgehead atoms. The number of nitrogens with zero attached hydrogens (tertiary/aromatic N) is 3. The Bertz CT molecular complexity index is 705. The lowest BCUT2D eigenvalue weighted by Crippen LogP contribution is -2.45. The van der Waals surface area contributed by atoms with Gasteiger partial charge in [0.2, 0.25) is 0 Å². The van der Waals surface area contributed by atoms with E-state index in [1.54, 1.807) is 7.05 Å². The SMILES string of the molecule is CCC1CCCCN1CCNC(=NC)NCc1cccc(C(=O)N2CCCCC2)c1.I. The summed E-state index contributed by atoms with van der Waals surface area (Å²) in [6.45, 7) is 7.87. The zero-order chi connectivity index (χ0) is 21.2. The van der Waals surface area contributed by atoms with Crippen LogP contribution in [0.1, 0.15) is 67.8 Å². The molecule has 0 saturated carbocycles. The molecule has 1 amide bonds. The van der Waals surface area contributed by atoms with Gasteiger partial charge in [0.15, 0.2) is 5.96 Å². The van der Waals surface area contributed by atoms with E-state index in [-0.39, 0.29) is 29.9 Å².